The van der Waals surface area contributed by atoms with Crippen molar-refractivity contribution in [1.82, 2.24) is 9.97 Å². The molecule has 0 saturated heterocycles. The third kappa shape index (κ3) is 4.76. The molecule has 1 aliphatic carbocycles. The zero-order valence-corrected chi connectivity index (χ0v) is 13.7. The zero-order valence-electron chi connectivity index (χ0n) is 12.9. The number of hydrogen-bond acceptors (Lipinski definition) is 8. The summed E-state index contributed by atoms with van der Waals surface area (Å²) in [4.78, 5) is 19.6. The van der Waals surface area contributed by atoms with Crippen LogP contribution in [0.1, 0.15) is 30.1 Å². The van der Waals surface area contributed by atoms with E-state index in [4.69, 9.17) is 10.5 Å². The number of alkyl halides is 1. The fourth-order valence-corrected chi connectivity index (χ4v) is 2.93. The van der Waals surface area contributed by atoms with Gasteiger partial charge in [-0.2, -0.15) is 8.42 Å². The predicted octanol–water partition coefficient (Wildman–Crippen LogP) is 0.448. The minimum absolute atomic E-state index is 0.0847. The number of rotatable bonds is 7. The molecule has 2 rings (SSSR count). The number of hydrogen-bond donors (Lipinski definition) is 3. The van der Waals surface area contributed by atoms with E-state index in [0.29, 0.717) is 0 Å². The molecule has 4 N–H and O–H groups in total. The van der Waals surface area contributed by atoms with E-state index >= 15 is 0 Å². The molecule has 1 saturated carbocycles. The van der Waals surface area contributed by atoms with Gasteiger partial charge in [-0.15, -0.1) is 0 Å². The molecule has 24 heavy (non-hydrogen) atoms. The molecule has 0 amide bonds. The minimum atomic E-state index is -4.06. The van der Waals surface area contributed by atoms with E-state index in [1.165, 1.54) is 19.4 Å². The number of aromatic nitrogens is 2. The number of carbonyl (C=O) groups excluding carboxylic acids is 1. The average molecular weight is 359 g/mol. The maximum Gasteiger partial charge on any atom is 0.333 e. The molecule has 0 radical (unpaired) electrons. The minimum Gasteiger partial charge on any atom is -0.364 e. The van der Waals surface area contributed by atoms with Gasteiger partial charge >= 0.3 is 10.3 Å². The summed E-state index contributed by atoms with van der Waals surface area (Å²) in [5, 5.41) is 15.0. The Morgan fingerprint density at radius 1 is 1.54 bits per heavy atom. The summed E-state index contributed by atoms with van der Waals surface area (Å²) in [5.74, 6) is -0.746. The van der Waals surface area contributed by atoms with Gasteiger partial charge in [0, 0.05) is 6.20 Å². The number of ketones is 1. The first-order valence-electron chi connectivity index (χ1n) is 7.15. The van der Waals surface area contributed by atoms with Gasteiger partial charge in [0.05, 0.1) is 23.9 Å². The van der Waals surface area contributed by atoms with Gasteiger partial charge in [0.15, 0.2) is 0 Å². The first kappa shape index (κ1) is 18.4. The van der Waals surface area contributed by atoms with Crippen molar-refractivity contribution < 1.29 is 21.8 Å². The lowest BCUT2D eigenvalue weighted by molar-refractivity contribution is 0.106. The Bertz CT molecular complexity index is 742. The topological polar surface area (TPSA) is 148 Å². The van der Waals surface area contributed by atoms with Gasteiger partial charge in [0.25, 0.3) is 0 Å². The second kappa shape index (κ2) is 7.28. The summed E-state index contributed by atoms with van der Waals surface area (Å²) in [7, 11) is -4.06. The standard InChI is InChI=1S/C13H18FN5O4S/c1-7(15)12(20)9-4-17-6-18-13(9)19-11-3-8(2-10(11)14)5-23-24(16,21)22/h4,6,8,10-11,15H,2-3,5H2,1H3,(H2,16,21,22)(H,17,18,19). The van der Waals surface area contributed by atoms with E-state index in [1.807, 2.05) is 0 Å². The summed E-state index contributed by atoms with van der Waals surface area (Å²) in [5.41, 5.74) is -0.100. The highest BCUT2D eigenvalue weighted by atomic mass is 32.2. The summed E-state index contributed by atoms with van der Waals surface area (Å²) >= 11 is 0. The Morgan fingerprint density at radius 2 is 2.25 bits per heavy atom. The first-order chi connectivity index (χ1) is 11.2. The van der Waals surface area contributed by atoms with Crippen molar-refractivity contribution in [2.75, 3.05) is 11.9 Å². The van der Waals surface area contributed by atoms with Gasteiger partial charge in [0.1, 0.15) is 18.3 Å². The highest BCUT2D eigenvalue weighted by molar-refractivity contribution is 7.84. The molecule has 0 spiro atoms. The molecule has 9 nitrogen and oxygen atoms in total. The van der Waals surface area contributed by atoms with Crippen LogP contribution in [0.15, 0.2) is 12.5 Å². The van der Waals surface area contributed by atoms with Gasteiger partial charge < -0.3 is 10.7 Å². The molecule has 1 aromatic heterocycles. The first-order valence-corrected chi connectivity index (χ1v) is 8.62. The highest BCUT2D eigenvalue weighted by Crippen LogP contribution is 2.31. The molecule has 0 bridgehead atoms. The van der Waals surface area contributed by atoms with Crippen LogP contribution >= 0.6 is 0 Å². The Hall–Kier alpha value is -1.98. The molecule has 1 heterocycles. The summed E-state index contributed by atoms with van der Waals surface area (Å²) < 4.78 is 40.3. The normalized spacial score (nSPS) is 23.9. The van der Waals surface area contributed by atoms with Gasteiger partial charge in [0.2, 0.25) is 5.78 Å². The Kier molecular flexibility index (Phi) is 5.57. The lowest BCUT2D eigenvalue weighted by Gasteiger charge is -2.17. The molecule has 3 atom stereocenters. The Labute approximate surface area is 138 Å². The van der Waals surface area contributed by atoms with Crippen molar-refractivity contribution in [1.29, 1.82) is 5.41 Å². The van der Waals surface area contributed by atoms with Crippen LogP contribution in [0.25, 0.3) is 0 Å². The molecule has 11 heteroatoms. The zero-order chi connectivity index (χ0) is 17.9. The van der Waals surface area contributed by atoms with Gasteiger partial charge in [-0.1, -0.05) is 0 Å². The second-order valence-electron chi connectivity index (χ2n) is 5.62. The maximum absolute atomic E-state index is 14.2. The van der Waals surface area contributed by atoms with E-state index in [0.717, 1.165) is 0 Å². The lowest BCUT2D eigenvalue weighted by Crippen LogP contribution is -2.27. The molecule has 1 aliphatic rings. The predicted molar refractivity (Wildman–Crippen MR) is 83.9 cm³/mol. The van der Waals surface area contributed by atoms with Crippen molar-refractivity contribution in [2.24, 2.45) is 11.1 Å². The molecule has 0 aliphatic heterocycles. The van der Waals surface area contributed by atoms with Crippen LogP contribution in [-0.4, -0.2) is 48.7 Å². The third-order valence-corrected chi connectivity index (χ3v) is 4.13. The summed E-state index contributed by atoms with van der Waals surface area (Å²) in [6.45, 7) is 1.14. The number of carbonyl (C=O) groups is 1. The molecule has 3 unspecified atom stereocenters. The maximum atomic E-state index is 14.2. The fourth-order valence-electron chi connectivity index (χ4n) is 2.55. The second-order valence-corrected chi connectivity index (χ2v) is 6.84. The van der Waals surface area contributed by atoms with Crippen LogP contribution in [0.5, 0.6) is 0 Å². The Balaban J connectivity index is 2.07. The van der Waals surface area contributed by atoms with Crippen LogP contribution in [-0.2, 0) is 14.5 Å². The van der Waals surface area contributed by atoms with Crippen molar-refractivity contribution >= 4 is 27.6 Å². The number of anilines is 1. The molecule has 1 fully saturated rings. The van der Waals surface area contributed by atoms with E-state index in [2.05, 4.69) is 19.5 Å². The summed E-state index contributed by atoms with van der Waals surface area (Å²) in [6.07, 6.45) is 1.60. The van der Waals surface area contributed by atoms with E-state index in [1.54, 1.807) is 0 Å². The Morgan fingerprint density at radius 3 is 2.88 bits per heavy atom. The fraction of sp³-hybridized carbons (Fsp3) is 0.538. The van der Waals surface area contributed by atoms with Crippen molar-refractivity contribution in [3.05, 3.63) is 18.1 Å². The number of nitrogens with zero attached hydrogens (tertiary/aromatic N) is 2. The molecule has 132 valence electrons. The lowest BCUT2D eigenvalue weighted by atomic mass is 10.1. The third-order valence-electron chi connectivity index (χ3n) is 3.67. The number of nitrogens with one attached hydrogen (secondary N) is 2. The van der Waals surface area contributed by atoms with Gasteiger partial charge in [-0.25, -0.2) is 19.5 Å². The average Bonchev–Trinajstić information content (AvgIpc) is 2.84. The smallest absolute Gasteiger partial charge is 0.333 e. The molecular formula is C13H18FN5O4S. The quantitative estimate of drug-likeness (QED) is 0.472. The number of Topliss-reactive ketones (excluding diaryl/α,β-unsaturated/α-hetero) is 1. The van der Waals surface area contributed by atoms with Crippen LogP contribution < -0.4 is 10.5 Å². The largest absolute Gasteiger partial charge is 0.364 e. The molecule has 1 aromatic rings. The van der Waals surface area contributed by atoms with E-state index < -0.39 is 28.3 Å². The van der Waals surface area contributed by atoms with Crippen LogP contribution in [0.2, 0.25) is 0 Å². The van der Waals surface area contributed by atoms with E-state index in [-0.39, 0.29) is 42.5 Å². The SMILES string of the molecule is CC(=N)C(=O)c1cncnc1NC1CC(COS(N)(=O)=O)CC1F. The van der Waals surface area contributed by atoms with Crippen LogP contribution in [0.3, 0.4) is 0 Å². The number of nitrogens with two attached hydrogens (primary N) is 1. The summed E-state index contributed by atoms with van der Waals surface area (Å²) in [6, 6.07) is -0.661. The monoisotopic (exact) mass is 359 g/mol. The van der Waals surface area contributed by atoms with Crippen LogP contribution in [0.4, 0.5) is 10.2 Å². The van der Waals surface area contributed by atoms with E-state index in [9.17, 15) is 17.6 Å². The van der Waals surface area contributed by atoms with Gasteiger partial charge in [-0.3, -0.25) is 8.98 Å². The van der Waals surface area contributed by atoms with Gasteiger partial charge in [-0.05, 0) is 25.7 Å². The van der Waals surface area contributed by atoms with Crippen molar-refractivity contribution in [3.8, 4) is 0 Å². The van der Waals surface area contributed by atoms with Crippen LogP contribution in [0, 0.1) is 11.3 Å². The van der Waals surface area contributed by atoms with Crippen molar-refractivity contribution in [2.45, 2.75) is 32.0 Å². The highest BCUT2D eigenvalue weighted by Gasteiger charge is 2.36. The molecule has 0 aromatic carbocycles. The number of halogens is 1. The van der Waals surface area contributed by atoms with Crippen molar-refractivity contribution in [3.63, 3.8) is 0 Å². The molecular weight excluding hydrogens is 341 g/mol.